The van der Waals surface area contributed by atoms with E-state index < -0.39 is 10.1 Å². The van der Waals surface area contributed by atoms with Crippen molar-refractivity contribution < 1.29 is 71.2 Å². The molecule has 0 aromatic rings. The van der Waals surface area contributed by atoms with Crippen LogP contribution in [0.4, 0.5) is 0 Å². The molecule has 1 N–H and O–H groups in total. The van der Waals surface area contributed by atoms with Crippen molar-refractivity contribution in [3.63, 3.8) is 0 Å². The van der Waals surface area contributed by atoms with Crippen molar-refractivity contribution in [2.45, 2.75) is 0 Å². The van der Waals surface area contributed by atoms with Crippen LogP contribution in [0.3, 0.4) is 0 Å². The van der Waals surface area contributed by atoms with Gasteiger partial charge in [-0.15, -0.1) is 0 Å². The fraction of sp³-hybridized carbons (Fsp3) is 0. The molecule has 0 fully saturated rings. The van der Waals surface area contributed by atoms with Gasteiger partial charge in [-0.3, -0.25) is 0 Å². The van der Waals surface area contributed by atoms with E-state index in [-0.39, 0.29) is 58.2 Å². The van der Waals surface area contributed by atoms with Gasteiger partial charge in [0.1, 0.15) is 10.1 Å². The number of rotatable bonds is 0. The van der Waals surface area contributed by atoms with E-state index >= 15 is 0 Å². The quantitative estimate of drug-likeness (QED) is 0.211. The van der Waals surface area contributed by atoms with Gasteiger partial charge in [0.15, 0.2) is 0 Å². The van der Waals surface area contributed by atoms with Crippen molar-refractivity contribution in [1.82, 2.24) is 0 Å². The molecule has 3 nitrogen and oxygen atoms in total. The first-order valence-electron chi connectivity index (χ1n) is 0.805. The zero-order valence-corrected chi connectivity index (χ0v) is 23.3. The maximum absolute atomic E-state index is 9.08. The minimum atomic E-state index is -3.92. The average molecular weight is 715 g/mol. The molecule has 0 aliphatic rings. The predicted octanol–water partition coefficient (Wildman–Crippen LogP) is -3.33. The molecule has 0 saturated carbocycles. The summed E-state index contributed by atoms with van der Waals surface area (Å²) in [7, 11) is -3.92. The summed E-state index contributed by atoms with van der Waals surface area (Å²) < 4.78 is 25.5. The fourth-order valence-corrected chi connectivity index (χ4v) is 0. The van der Waals surface area contributed by atoms with Crippen LogP contribution >= 0.6 is 0 Å². The number of hydrogen-bond acceptors (Lipinski definition) is 2. The first-order valence-corrected chi connectivity index (χ1v) is 2.41. The van der Waals surface area contributed by atoms with Crippen molar-refractivity contribution in [3.05, 3.63) is 6.26 Å². The smallest absolute Gasteiger partial charge is 0.310 e. The second kappa shape index (κ2) is 6.72. The van der Waals surface area contributed by atoms with Crippen LogP contribution in [0.5, 0.6) is 0 Å². The van der Waals surface area contributed by atoms with Gasteiger partial charge in [-0.05, 0) is 0 Å². The molecule has 0 spiro atoms. The van der Waals surface area contributed by atoms with E-state index in [0.29, 0.717) is 0 Å². The van der Waals surface area contributed by atoms with Crippen LogP contribution in [-0.2, 0) is 10.1 Å². The molecule has 7 heteroatoms. The van der Waals surface area contributed by atoms with E-state index in [1.807, 2.05) is 0 Å². The van der Waals surface area contributed by atoms with Crippen molar-refractivity contribution in [2.24, 2.45) is 0 Å². The minimum absolute atomic E-state index is 0. The maximum atomic E-state index is 9.08. The van der Waals surface area contributed by atoms with E-state index in [4.69, 9.17) is 13.0 Å². The standard InChI is InChI=1S/CH3O3S.Rb.2Rf/c1-5(2,3)4;;;/h1H2,(H,2,3,4);;;/q-1;+1;;. The minimum Gasteiger partial charge on any atom is -0.310 e. The summed E-state index contributed by atoms with van der Waals surface area (Å²) >= 11 is 0. The Balaban J connectivity index is -0.0000000267. The largest absolute Gasteiger partial charge is 1.00 e. The van der Waals surface area contributed by atoms with Crippen LogP contribution in [0.25, 0.3) is 0 Å². The summed E-state index contributed by atoms with van der Waals surface area (Å²) in [6.07, 6.45) is 2.30. The van der Waals surface area contributed by atoms with E-state index in [0.717, 1.165) is 0 Å². The van der Waals surface area contributed by atoms with Crippen LogP contribution in [0.2, 0.25) is 0 Å². The molecule has 0 heterocycles. The van der Waals surface area contributed by atoms with Crippen LogP contribution in [0.1, 0.15) is 0 Å². The Morgan fingerprint density at radius 2 is 1.25 bits per heavy atom. The van der Waals surface area contributed by atoms with Crippen LogP contribution in [-0.4, -0.2) is 13.0 Å². The molecule has 0 radical (unpaired) electrons. The van der Waals surface area contributed by atoms with E-state index in [9.17, 15) is 0 Å². The summed E-state index contributed by atoms with van der Waals surface area (Å²) in [6.45, 7) is 0. The fourth-order valence-electron chi connectivity index (χ4n) is 0. The molecule has 0 amide bonds. The molecule has 0 aliphatic carbocycles. The number of hydrogen-bond donors (Lipinski definition) is 1. The third kappa shape index (κ3) is 1570. The van der Waals surface area contributed by atoms with Crippen LogP contribution in [0.15, 0.2) is 0 Å². The zero-order valence-electron chi connectivity index (χ0n) is 4.79. The van der Waals surface area contributed by atoms with Gasteiger partial charge in [-0.25, -0.2) is 8.42 Å². The van der Waals surface area contributed by atoms with Gasteiger partial charge in [0.05, 0.1) is 0 Å². The Kier molecular flexibility index (Phi) is 21.2. The van der Waals surface area contributed by atoms with Gasteiger partial charge < -0.3 is 4.55 Å². The topological polar surface area (TPSA) is 54.4 Å². The molecule has 0 atom stereocenters. The molecule has 8 heavy (non-hydrogen) atoms. The molecule has 36 valence electrons. The normalized spacial score (nSPS) is 7.25. The first kappa shape index (κ1) is 25.2. The molecule has 0 unspecified atom stereocenters. The van der Waals surface area contributed by atoms with Gasteiger partial charge in [0.25, 0.3) is 0 Å². The molecule has 0 aromatic heterocycles. The van der Waals surface area contributed by atoms with E-state index in [1.165, 1.54) is 0 Å². The molecule has 0 rings (SSSR count). The van der Waals surface area contributed by atoms with Crippen molar-refractivity contribution >= 4 is 10.1 Å². The van der Waals surface area contributed by atoms with Crippen LogP contribution < -0.4 is 58.2 Å². The Morgan fingerprint density at radius 3 is 1.25 bits per heavy atom. The van der Waals surface area contributed by atoms with Crippen molar-refractivity contribution in [3.8, 4) is 0 Å². The zero-order chi connectivity index (χ0) is 4.50. The summed E-state index contributed by atoms with van der Waals surface area (Å²) in [5.41, 5.74) is 0. The molecular formula is CH3O3RbRf2S. The Hall–Kier alpha value is -0.285. The molecule has 0 aromatic carbocycles. The summed E-state index contributed by atoms with van der Waals surface area (Å²) in [4.78, 5) is 0. The van der Waals surface area contributed by atoms with E-state index in [2.05, 4.69) is 6.26 Å². The van der Waals surface area contributed by atoms with E-state index in [1.54, 1.807) is 0 Å². The first-order chi connectivity index (χ1) is 2.00. The molecule has 0 saturated heterocycles. The maximum Gasteiger partial charge on any atom is 1.00 e. The summed E-state index contributed by atoms with van der Waals surface area (Å²) in [6, 6.07) is 0. The molecular weight excluding hydrogens is 712 g/mol. The summed E-state index contributed by atoms with van der Waals surface area (Å²) in [5, 5.41) is 0. The molecule has 0 bridgehead atoms. The van der Waals surface area contributed by atoms with Gasteiger partial charge in [0.2, 0.25) is 0 Å². The second-order valence-corrected chi connectivity index (χ2v) is 1.75. The monoisotopic (exact) mass is 714 g/mol. The second-order valence-electron chi connectivity index (χ2n) is 0.582. The van der Waals surface area contributed by atoms with Gasteiger partial charge in [-0.2, -0.15) is 6.26 Å². The van der Waals surface area contributed by atoms with Gasteiger partial charge >= 0.3 is 58.2 Å². The SMILES string of the molecule is [CH2-]S(=O)(=O)O.[Rb+].[Rf].[Rf]. The van der Waals surface area contributed by atoms with Crippen LogP contribution in [0, 0.1) is 6.26 Å². The third-order valence-electron chi connectivity index (χ3n) is 0. The molecule has 0 aliphatic heterocycles. The Bertz CT molecular complexity index is 100. The van der Waals surface area contributed by atoms with Crippen molar-refractivity contribution in [1.29, 1.82) is 0 Å². The summed E-state index contributed by atoms with van der Waals surface area (Å²) in [5.74, 6) is 0. The van der Waals surface area contributed by atoms with Gasteiger partial charge in [-0.1, -0.05) is 0 Å². The van der Waals surface area contributed by atoms with Gasteiger partial charge in [0, 0.05) is 0 Å². The Morgan fingerprint density at radius 1 is 1.25 bits per heavy atom. The Labute approximate surface area is 85.7 Å². The third-order valence-corrected chi connectivity index (χ3v) is 0. The van der Waals surface area contributed by atoms with Crippen molar-refractivity contribution in [2.75, 3.05) is 0 Å². The predicted molar refractivity (Wildman–Crippen MR) is 16.9 cm³/mol. The average Bonchev–Trinajstić information content (AvgIpc) is 0.722.